The topological polar surface area (TPSA) is 76.9 Å². The standard InChI is InChI=1S/C17H16N4O2S/c1-21-11-18-20-17(21)12-4-2-5-13(10-12)19-16(23)8-7-14(22)15-6-3-9-24-15/h2-6,9-11H,7-8H2,1H3,(H,19,23). The molecule has 2 aromatic heterocycles. The predicted molar refractivity (Wildman–Crippen MR) is 93.0 cm³/mol. The lowest BCUT2D eigenvalue weighted by molar-refractivity contribution is -0.116. The molecule has 122 valence electrons. The van der Waals surface area contributed by atoms with Crippen LogP contribution in [0.2, 0.25) is 0 Å². The highest BCUT2D eigenvalue weighted by molar-refractivity contribution is 7.12. The third-order valence-electron chi connectivity index (χ3n) is 3.49. The number of thiophene rings is 1. The van der Waals surface area contributed by atoms with Crippen LogP contribution < -0.4 is 5.32 Å². The molecule has 3 rings (SSSR count). The minimum Gasteiger partial charge on any atom is -0.326 e. The highest BCUT2D eigenvalue weighted by atomic mass is 32.1. The molecule has 0 bridgehead atoms. The molecule has 0 unspecified atom stereocenters. The van der Waals surface area contributed by atoms with Crippen molar-refractivity contribution < 1.29 is 9.59 Å². The molecule has 1 amide bonds. The maximum Gasteiger partial charge on any atom is 0.224 e. The van der Waals surface area contributed by atoms with Crippen molar-refractivity contribution in [2.75, 3.05) is 5.32 Å². The Kier molecular flexibility index (Phi) is 4.81. The second-order valence-corrected chi connectivity index (χ2v) is 6.24. The summed E-state index contributed by atoms with van der Waals surface area (Å²) in [6.07, 6.45) is 1.98. The number of nitrogens with zero attached hydrogens (tertiary/aromatic N) is 3. The lowest BCUT2D eigenvalue weighted by Gasteiger charge is -2.07. The molecule has 0 fully saturated rings. The molecule has 2 heterocycles. The lowest BCUT2D eigenvalue weighted by atomic mass is 10.1. The van der Waals surface area contributed by atoms with Gasteiger partial charge in [-0.2, -0.15) is 0 Å². The maximum atomic E-state index is 12.1. The van der Waals surface area contributed by atoms with Crippen molar-refractivity contribution in [1.29, 1.82) is 0 Å². The quantitative estimate of drug-likeness (QED) is 0.699. The fourth-order valence-electron chi connectivity index (χ4n) is 2.29. The van der Waals surface area contributed by atoms with Crippen molar-refractivity contribution in [2.45, 2.75) is 12.8 Å². The Labute approximate surface area is 143 Å². The van der Waals surface area contributed by atoms with Crippen molar-refractivity contribution in [2.24, 2.45) is 7.05 Å². The van der Waals surface area contributed by atoms with E-state index in [2.05, 4.69) is 15.5 Å². The van der Waals surface area contributed by atoms with Crippen molar-refractivity contribution in [1.82, 2.24) is 14.8 Å². The molecule has 0 aliphatic carbocycles. The average Bonchev–Trinajstić information content (AvgIpc) is 3.24. The first-order chi connectivity index (χ1) is 11.6. The molecule has 1 aromatic carbocycles. The van der Waals surface area contributed by atoms with Crippen LogP contribution in [-0.2, 0) is 11.8 Å². The van der Waals surface area contributed by atoms with Crippen LogP contribution in [0.15, 0.2) is 48.1 Å². The Hall–Kier alpha value is -2.80. The number of nitrogens with one attached hydrogen (secondary N) is 1. The van der Waals surface area contributed by atoms with E-state index in [1.54, 1.807) is 23.0 Å². The second kappa shape index (κ2) is 7.18. The molecule has 0 radical (unpaired) electrons. The van der Waals surface area contributed by atoms with Crippen LogP contribution in [0.3, 0.4) is 0 Å². The van der Waals surface area contributed by atoms with Gasteiger partial charge in [-0.1, -0.05) is 18.2 Å². The number of hydrogen-bond acceptors (Lipinski definition) is 5. The van der Waals surface area contributed by atoms with E-state index in [1.807, 2.05) is 36.7 Å². The van der Waals surface area contributed by atoms with Crippen LogP contribution in [0.4, 0.5) is 5.69 Å². The molecule has 24 heavy (non-hydrogen) atoms. The zero-order chi connectivity index (χ0) is 16.9. The number of anilines is 1. The number of amides is 1. The van der Waals surface area contributed by atoms with Crippen LogP contribution in [-0.4, -0.2) is 26.5 Å². The molecule has 3 aromatic rings. The average molecular weight is 340 g/mol. The summed E-state index contributed by atoms with van der Waals surface area (Å²) >= 11 is 1.39. The summed E-state index contributed by atoms with van der Waals surface area (Å²) in [4.78, 5) is 24.7. The lowest BCUT2D eigenvalue weighted by Crippen LogP contribution is -2.13. The van der Waals surface area contributed by atoms with Crippen LogP contribution in [0.1, 0.15) is 22.5 Å². The number of Topliss-reactive ketones (excluding diaryl/α,β-unsaturated/α-hetero) is 1. The zero-order valence-corrected chi connectivity index (χ0v) is 13.9. The summed E-state index contributed by atoms with van der Waals surface area (Å²) in [6, 6.07) is 11.0. The van der Waals surface area contributed by atoms with Gasteiger partial charge >= 0.3 is 0 Å². The van der Waals surface area contributed by atoms with Gasteiger partial charge in [0.2, 0.25) is 5.91 Å². The fourth-order valence-corrected chi connectivity index (χ4v) is 2.99. The number of rotatable bonds is 6. The molecule has 0 aliphatic rings. The van der Waals surface area contributed by atoms with Crippen molar-refractivity contribution in [3.05, 3.63) is 53.0 Å². The van der Waals surface area contributed by atoms with Gasteiger partial charge in [-0.15, -0.1) is 21.5 Å². The summed E-state index contributed by atoms with van der Waals surface area (Å²) in [5, 5.41) is 12.6. The normalized spacial score (nSPS) is 10.5. The molecule has 7 heteroatoms. The summed E-state index contributed by atoms with van der Waals surface area (Å²) in [7, 11) is 1.86. The Bertz CT molecular complexity index is 855. The molecular weight excluding hydrogens is 324 g/mol. The molecule has 6 nitrogen and oxygen atoms in total. The van der Waals surface area contributed by atoms with Gasteiger partial charge in [0, 0.05) is 31.1 Å². The number of hydrogen-bond donors (Lipinski definition) is 1. The summed E-state index contributed by atoms with van der Waals surface area (Å²) in [5.41, 5.74) is 1.53. The van der Waals surface area contributed by atoms with Gasteiger partial charge in [-0.3, -0.25) is 9.59 Å². The van der Waals surface area contributed by atoms with E-state index < -0.39 is 0 Å². The van der Waals surface area contributed by atoms with Gasteiger partial charge in [0.1, 0.15) is 6.33 Å². The predicted octanol–water partition coefficient (Wildman–Crippen LogP) is 3.15. The Morgan fingerprint density at radius 3 is 2.79 bits per heavy atom. The molecule has 0 aliphatic heterocycles. The smallest absolute Gasteiger partial charge is 0.224 e. The third kappa shape index (κ3) is 3.75. The number of ketones is 1. The molecule has 1 N–H and O–H groups in total. The number of aromatic nitrogens is 3. The highest BCUT2D eigenvalue weighted by Crippen LogP contribution is 2.20. The summed E-state index contributed by atoms with van der Waals surface area (Å²) in [5.74, 6) is 0.530. The molecular formula is C17H16N4O2S. The Balaban J connectivity index is 1.61. The van der Waals surface area contributed by atoms with E-state index in [-0.39, 0.29) is 24.5 Å². The summed E-state index contributed by atoms with van der Waals surface area (Å²) in [6.45, 7) is 0. The number of carbonyl (C=O) groups is 2. The van der Waals surface area contributed by atoms with Crippen molar-refractivity contribution >= 4 is 28.7 Å². The van der Waals surface area contributed by atoms with Gasteiger partial charge in [0.15, 0.2) is 11.6 Å². The van der Waals surface area contributed by atoms with E-state index in [1.165, 1.54) is 11.3 Å². The molecule has 0 saturated heterocycles. The zero-order valence-electron chi connectivity index (χ0n) is 13.1. The number of carbonyl (C=O) groups excluding carboxylic acids is 2. The molecule has 0 atom stereocenters. The fraction of sp³-hybridized carbons (Fsp3) is 0.176. The highest BCUT2D eigenvalue weighted by Gasteiger charge is 2.11. The first-order valence-corrected chi connectivity index (χ1v) is 8.32. The van der Waals surface area contributed by atoms with Crippen LogP contribution >= 0.6 is 11.3 Å². The Morgan fingerprint density at radius 1 is 1.21 bits per heavy atom. The van der Waals surface area contributed by atoms with Crippen LogP contribution in [0.25, 0.3) is 11.4 Å². The first-order valence-electron chi connectivity index (χ1n) is 7.44. The van der Waals surface area contributed by atoms with E-state index in [0.717, 1.165) is 11.4 Å². The molecule has 0 saturated carbocycles. The second-order valence-electron chi connectivity index (χ2n) is 5.29. The third-order valence-corrected chi connectivity index (χ3v) is 4.40. The molecule has 0 spiro atoms. The summed E-state index contributed by atoms with van der Waals surface area (Å²) < 4.78 is 1.81. The van der Waals surface area contributed by atoms with Crippen molar-refractivity contribution in [3.63, 3.8) is 0 Å². The first kappa shape index (κ1) is 16.1. The van der Waals surface area contributed by atoms with Gasteiger partial charge < -0.3 is 9.88 Å². The minimum atomic E-state index is -0.185. The van der Waals surface area contributed by atoms with Gasteiger partial charge in [0.25, 0.3) is 0 Å². The van der Waals surface area contributed by atoms with Gasteiger partial charge in [0.05, 0.1) is 4.88 Å². The van der Waals surface area contributed by atoms with Gasteiger partial charge in [-0.05, 0) is 23.6 Å². The monoisotopic (exact) mass is 340 g/mol. The number of aryl methyl sites for hydroxylation is 1. The van der Waals surface area contributed by atoms with E-state index in [9.17, 15) is 9.59 Å². The minimum absolute atomic E-state index is 0.00649. The number of benzene rings is 1. The Morgan fingerprint density at radius 2 is 2.08 bits per heavy atom. The SMILES string of the molecule is Cn1cnnc1-c1cccc(NC(=O)CCC(=O)c2cccs2)c1. The van der Waals surface area contributed by atoms with Gasteiger partial charge in [-0.25, -0.2) is 0 Å². The van der Waals surface area contributed by atoms with Crippen LogP contribution in [0.5, 0.6) is 0 Å². The largest absolute Gasteiger partial charge is 0.326 e. The maximum absolute atomic E-state index is 12.1. The van der Waals surface area contributed by atoms with Crippen molar-refractivity contribution in [3.8, 4) is 11.4 Å². The van der Waals surface area contributed by atoms with E-state index >= 15 is 0 Å². The van der Waals surface area contributed by atoms with E-state index in [4.69, 9.17) is 0 Å². The van der Waals surface area contributed by atoms with Crippen LogP contribution in [0, 0.1) is 0 Å². The van der Waals surface area contributed by atoms with E-state index in [0.29, 0.717) is 10.6 Å².